The van der Waals surface area contributed by atoms with E-state index in [-0.39, 0.29) is 18.2 Å². The molecule has 2 aliphatic rings. The quantitative estimate of drug-likeness (QED) is 0.741. The molecular formula is C22H26N4O3. The Morgan fingerprint density at radius 3 is 2.45 bits per heavy atom. The van der Waals surface area contributed by atoms with Crippen LogP contribution in [0.5, 0.6) is 0 Å². The summed E-state index contributed by atoms with van der Waals surface area (Å²) >= 11 is 0. The van der Waals surface area contributed by atoms with Crippen molar-refractivity contribution in [2.24, 2.45) is 0 Å². The van der Waals surface area contributed by atoms with Gasteiger partial charge in [0.2, 0.25) is 0 Å². The number of nitrogens with one attached hydrogen (secondary N) is 3. The largest absolute Gasteiger partial charge is 0.376 e. The van der Waals surface area contributed by atoms with Crippen LogP contribution in [-0.4, -0.2) is 42.8 Å². The summed E-state index contributed by atoms with van der Waals surface area (Å²) in [7, 11) is 0. The van der Waals surface area contributed by atoms with Gasteiger partial charge in [0.15, 0.2) is 0 Å². The minimum Gasteiger partial charge on any atom is -0.376 e. The lowest BCUT2D eigenvalue weighted by Crippen LogP contribution is -2.38. The minimum absolute atomic E-state index is 0.111. The molecule has 0 saturated carbocycles. The Morgan fingerprint density at radius 1 is 1.00 bits per heavy atom. The lowest BCUT2D eigenvalue weighted by molar-refractivity contribution is 0.112. The maximum absolute atomic E-state index is 12.6. The van der Waals surface area contributed by atoms with E-state index in [1.165, 1.54) is 11.1 Å². The van der Waals surface area contributed by atoms with E-state index < -0.39 is 0 Å². The zero-order valence-electron chi connectivity index (χ0n) is 16.3. The maximum Gasteiger partial charge on any atom is 0.322 e. The third-order valence-corrected chi connectivity index (χ3v) is 5.33. The summed E-state index contributed by atoms with van der Waals surface area (Å²) < 4.78 is 5.49. The number of fused-ring (bicyclic) bond motifs is 1. The minimum atomic E-state index is -0.260. The molecule has 7 nitrogen and oxygen atoms in total. The van der Waals surface area contributed by atoms with E-state index in [4.69, 9.17) is 4.74 Å². The summed E-state index contributed by atoms with van der Waals surface area (Å²) in [6.07, 6.45) is 3.01. The molecular weight excluding hydrogens is 368 g/mol. The summed E-state index contributed by atoms with van der Waals surface area (Å²) in [4.78, 5) is 26.4. The summed E-state index contributed by atoms with van der Waals surface area (Å²) in [5, 5.41) is 8.54. The van der Waals surface area contributed by atoms with Gasteiger partial charge in [-0.25, -0.2) is 9.59 Å². The highest BCUT2D eigenvalue weighted by atomic mass is 16.5. The number of carbonyl (C=O) groups excluding carboxylic acids is 2. The molecule has 1 fully saturated rings. The first-order valence-electron chi connectivity index (χ1n) is 10.1. The molecule has 0 aliphatic carbocycles. The molecule has 152 valence electrons. The maximum atomic E-state index is 12.6. The molecule has 1 saturated heterocycles. The van der Waals surface area contributed by atoms with Crippen LogP contribution in [0.2, 0.25) is 0 Å². The second-order valence-electron chi connectivity index (χ2n) is 7.42. The Labute approximate surface area is 170 Å². The van der Waals surface area contributed by atoms with Crippen LogP contribution in [0.4, 0.5) is 21.0 Å². The van der Waals surface area contributed by atoms with Crippen molar-refractivity contribution in [1.29, 1.82) is 0 Å². The van der Waals surface area contributed by atoms with E-state index in [1.54, 1.807) is 24.3 Å². The normalized spacial score (nSPS) is 18.1. The van der Waals surface area contributed by atoms with Crippen molar-refractivity contribution in [1.82, 2.24) is 10.2 Å². The second-order valence-corrected chi connectivity index (χ2v) is 7.42. The highest BCUT2D eigenvalue weighted by Gasteiger charge is 2.20. The number of ether oxygens (including phenoxy) is 1. The first-order chi connectivity index (χ1) is 14.2. The molecule has 29 heavy (non-hydrogen) atoms. The van der Waals surface area contributed by atoms with Crippen molar-refractivity contribution >= 4 is 23.4 Å². The van der Waals surface area contributed by atoms with Gasteiger partial charge in [0, 0.05) is 37.6 Å². The van der Waals surface area contributed by atoms with Crippen LogP contribution in [0.15, 0.2) is 48.5 Å². The highest BCUT2D eigenvalue weighted by Crippen LogP contribution is 2.20. The zero-order chi connectivity index (χ0) is 20.1. The van der Waals surface area contributed by atoms with Crippen molar-refractivity contribution in [3.8, 4) is 0 Å². The number of carbonyl (C=O) groups is 2. The molecule has 1 atom stereocenters. The molecule has 0 aromatic heterocycles. The van der Waals surface area contributed by atoms with Crippen LogP contribution < -0.4 is 16.0 Å². The number of hydrogen-bond acceptors (Lipinski definition) is 3. The van der Waals surface area contributed by atoms with E-state index in [9.17, 15) is 9.59 Å². The van der Waals surface area contributed by atoms with Crippen LogP contribution >= 0.6 is 0 Å². The first kappa shape index (κ1) is 19.3. The number of benzene rings is 2. The first-order valence-corrected chi connectivity index (χ1v) is 10.1. The van der Waals surface area contributed by atoms with Crippen LogP contribution in [-0.2, 0) is 17.7 Å². The summed E-state index contributed by atoms with van der Waals surface area (Å²) in [6.45, 7) is 2.60. The van der Waals surface area contributed by atoms with E-state index in [0.29, 0.717) is 31.0 Å². The molecule has 2 aliphatic heterocycles. The van der Waals surface area contributed by atoms with Crippen LogP contribution in [0.1, 0.15) is 24.0 Å². The van der Waals surface area contributed by atoms with Gasteiger partial charge in [0.25, 0.3) is 0 Å². The monoisotopic (exact) mass is 394 g/mol. The zero-order valence-corrected chi connectivity index (χ0v) is 16.3. The molecule has 0 spiro atoms. The Balaban J connectivity index is 1.26. The Morgan fingerprint density at radius 2 is 1.72 bits per heavy atom. The number of urea groups is 2. The number of rotatable bonds is 4. The van der Waals surface area contributed by atoms with Gasteiger partial charge >= 0.3 is 12.1 Å². The number of anilines is 2. The fourth-order valence-corrected chi connectivity index (χ4v) is 3.70. The molecule has 4 amide bonds. The van der Waals surface area contributed by atoms with Crippen LogP contribution in [0.25, 0.3) is 0 Å². The van der Waals surface area contributed by atoms with Crippen molar-refractivity contribution in [3.05, 3.63) is 59.7 Å². The summed E-state index contributed by atoms with van der Waals surface area (Å²) in [5.41, 5.74) is 3.87. The third kappa shape index (κ3) is 5.06. The van der Waals surface area contributed by atoms with Gasteiger partial charge in [-0.2, -0.15) is 0 Å². The smallest absolute Gasteiger partial charge is 0.322 e. The fraction of sp³-hybridized carbons (Fsp3) is 0.364. The van der Waals surface area contributed by atoms with Crippen molar-refractivity contribution in [3.63, 3.8) is 0 Å². The van der Waals surface area contributed by atoms with Crippen molar-refractivity contribution in [2.75, 3.05) is 30.3 Å². The predicted molar refractivity (Wildman–Crippen MR) is 112 cm³/mol. The van der Waals surface area contributed by atoms with Gasteiger partial charge in [-0.15, -0.1) is 0 Å². The van der Waals surface area contributed by atoms with Gasteiger partial charge in [-0.1, -0.05) is 24.3 Å². The fourth-order valence-electron chi connectivity index (χ4n) is 3.70. The van der Waals surface area contributed by atoms with Gasteiger partial charge < -0.3 is 25.6 Å². The van der Waals surface area contributed by atoms with E-state index >= 15 is 0 Å². The molecule has 4 rings (SSSR count). The number of amides is 4. The van der Waals surface area contributed by atoms with Crippen molar-refractivity contribution in [2.45, 2.75) is 31.9 Å². The number of hydrogen-bond donors (Lipinski definition) is 3. The van der Waals surface area contributed by atoms with E-state index in [2.05, 4.69) is 28.1 Å². The predicted octanol–water partition coefficient (Wildman–Crippen LogP) is 3.58. The van der Waals surface area contributed by atoms with Gasteiger partial charge in [-0.05, 0) is 54.7 Å². The lowest BCUT2D eigenvalue weighted by atomic mass is 10.0. The SMILES string of the molecule is O=C(NCC1CCCO1)Nc1ccc(NC(=O)N2CCc3ccccc3C2)cc1. The Hall–Kier alpha value is -3.06. The average molecular weight is 394 g/mol. The molecule has 2 aromatic carbocycles. The molecule has 1 unspecified atom stereocenters. The standard InChI is InChI=1S/C22H26N4O3/c27-21(23-14-20-6-3-13-29-20)24-18-7-9-19(10-8-18)25-22(28)26-12-11-16-4-1-2-5-17(16)15-26/h1-2,4-5,7-10,20H,3,6,11-15H2,(H,25,28)(H2,23,24,27). The molecule has 3 N–H and O–H groups in total. The Kier molecular flexibility index (Phi) is 5.95. The summed E-state index contributed by atoms with van der Waals surface area (Å²) in [5.74, 6) is 0. The molecule has 2 heterocycles. The van der Waals surface area contributed by atoms with Crippen molar-refractivity contribution < 1.29 is 14.3 Å². The summed E-state index contributed by atoms with van der Waals surface area (Å²) in [6, 6.07) is 15.0. The van der Waals surface area contributed by atoms with E-state index in [1.807, 2.05) is 17.0 Å². The molecule has 2 aromatic rings. The highest BCUT2D eigenvalue weighted by molar-refractivity contribution is 5.91. The average Bonchev–Trinajstić information content (AvgIpc) is 3.27. The van der Waals surface area contributed by atoms with Gasteiger partial charge in [0.1, 0.15) is 0 Å². The number of nitrogens with zero attached hydrogens (tertiary/aromatic N) is 1. The van der Waals surface area contributed by atoms with Crippen LogP contribution in [0.3, 0.4) is 0 Å². The van der Waals surface area contributed by atoms with Gasteiger partial charge in [-0.3, -0.25) is 0 Å². The van der Waals surface area contributed by atoms with Gasteiger partial charge in [0.05, 0.1) is 6.10 Å². The Bertz CT molecular complexity index is 863. The molecule has 0 radical (unpaired) electrons. The molecule has 0 bridgehead atoms. The van der Waals surface area contributed by atoms with Crippen LogP contribution in [0, 0.1) is 0 Å². The van der Waals surface area contributed by atoms with E-state index in [0.717, 1.165) is 25.9 Å². The lowest BCUT2D eigenvalue weighted by Gasteiger charge is -2.29. The second kappa shape index (κ2) is 8.96. The molecule has 7 heteroatoms. The third-order valence-electron chi connectivity index (χ3n) is 5.33. The topological polar surface area (TPSA) is 82.7 Å².